The van der Waals surface area contributed by atoms with Crippen molar-refractivity contribution >= 4 is 29.2 Å². The van der Waals surface area contributed by atoms with E-state index in [1.807, 2.05) is 65.0 Å². The zero-order valence-corrected chi connectivity index (χ0v) is 39.8. The van der Waals surface area contributed by atoms with Gasteiger partial charge < -0.3 is 34.4 Å². The molecule has 0 aromatic carbocycles. The highest BCUT2D eigenvalue weighted by molar-refractivity contribution is 6.39. The summed E-state index contributed by atoms with van der Waals surface area (Å²) in [6.07, 6.45) is 14.2. The lowest BCUT2D eigenvalue weighted by Crippen LogP contribution is -2.61. The third-order valence-electron chi connectivity index (χ3n) is 14.6. The van der Waals surface area contributed by atoms with Crippen LogP contribution in [0, 0.1) is 47.3 Å². The maximum Gasteiger partial charge on any atom is 0.329 e. The molecule has 12 nitrogen and oxygen atoms in total. The fraction of sp³-hybridized carbons (Fsp3) is 0.745. The number of Topliss-reactive ketones (excluding diaryl/α,β-unsaturated/α-hetero) is 3. The lowest BCUT2D eigenvalue weighted by atomic mass is 9.75. The van der Waals surface area contributed by atoms with Crippen LogP contribution in [0.25, 0.3) is 0 Å². The van der Waals surface area contributed by atoms with Crippen molar-refractivity contribution < 1.29 is 53.5 Å². The average Bonchev–Trinajstić information content (AvgIpc) is 3.25. The smallest absolute Gasteiger partial charge is 0.329 e. The van der Waals surface area contributed by atoms with Crippen LogP contribution in [0.5, 0.6) is 0 Å². The highest BCUT2D eigenvalue weighted by Crippen LogP contribution is 2.38. The SMILES string of the molecule is CO[C@H]1C[C@@H]2CC[C@@H](C)[C@@](O)(O2)C(=O)C(=O)N2CCCC[C@H]2C(=O)O[C@H]([C@H](C)C[C@@H]2CC[C@@H](O)[C@H](C)C2)CC(=O)[C@H](C)/C=C(\C)[C@@H](O)[C@@H](C)C(=O)[C@H](C)C[C@H](C)/C=C/C=CC=C1C. The van der Waals surface area contributed by atoms with Crippen molar-refractivity contribution in [3.63, 3.8) is 0 Å². The first kappa shape index (κ1) is 52.3. The Balaban J connectivity index is 1.68. The van der Waals surface area contributed by atoms with E-state index in [0.717, 1.165) is 18.4 Å². The van der Waals surface area contributed by atoms with Crippen molar-refractivity contribution in [1.82, 2.24) is 4.90 Å². The van der Waals surface area contributed by atoms with Crippen LogP contribution >= 0.6 is 0 Å². The predicted molar refractivity (Wildman–Crippen MR) is 242 cm³/mol. The van der Waals surface area contributed by atoms with Gasteiger partial charge in [-0.25, -0.2) is 4.79 Å². The van der Waals surface area contributed by atoms with Crippen LogP contribution in [0.4, 0.5) is 0 Å². The molecule has 0 radical (unpaired) electrons. The summed E-state index contributed by atoms with van der Waals surface area (Å²) in [4.78, 5) is 71.5. The van der Waals surface area contributed by atoms with Gasteiger partial charge in [0.1, 0.15) is 23.7 Å². The summed E-state index contributed by atoms with van der Waals surface area (Å²) in [5.74, 6) is -7.70. The van der Waals surface area contributed by atoms with Crippen LogP contribution in [0.2, 0.25) is 0 Å². The molecule has 4 rings (SSSR count). The van der Waals surface area contributed by atoms with Gasteiger partial charge in [0.15, 0.2) is 0 Å². The molecule has 1 amide bonds. The minimum Gasteiger partial charge on any atom is -0.460 e. The molecule has 2 bridgehead atoms. The van der Waals surface area contributed by atoms with E-state index in [2.05, 4.69) is 0 Å². The standard InChI is InChI=1S/C51H79NO11/c1-30-16-12-11-13-17-31(2)44(61-10)28-40-21-19-37(8)51(60,63-40)48(57)49(58)52-23-15-14-18-41(52)50(59)62-45(34(5)27-39-20-22-42(53)33(4)26-39)29-43(54)32(3)25-36(7)47(56)38(9)46(55)35(6)24-30/h11-13,16-17,25,30,32-35,37-42,44-45,47,53,56,60H,14-15,18-24,26-29H2,1-10H3/b13-11?,16-12+,31-17?,36-25+/t30-,32-,33-,34-,35-,37-,38+,39-,40+,41+,42-,44+,45+,47-,51-/m1/s1. The zero-order valence-electron chi connectivity index (χ0n) is 39.8. The Bertz CT molecular complexity index is 1720. The van der Waals surface area contributed by atoms with Gasteiger partial charge in [0.05, 0.1) is 24.4 Å². The first-order valence-corrected chi connectivity index (χ1v) is 23.8. The molecule has 0 aromatic rings. The first-order valence-electron chi connectivity index (χ1n) is 23.8. The van der Waals surface area contributed by atoms with E-state index >= 15 is 0 Å². The Morgan fingerprint density at radius 3 is 2.27 bits per heavy atom. The van der Waals surface area contributed by atoms with Crippen molar-refractivity contribution in [3.05, 3.63) is 47.6 Å². The van der Waals surface area contributed by atoms with Crippen LogP contribution in [0.1, 0.15) is 139 Å². The Morgan fingerprint density at radius 2 is 1.59 bits per heavy atom. The molecule has 1 aliphatic carbocycles. The topological polar surface area (TPSA) is 177 Å². The second-order valence-corrected chi connectivity index (χ2v) is 19.9. The number of amides is 1. The van der Waals surface area contributed by atoms with Gasteiger partial charge in [0.2, 0.25) is 5.79 Å². The maximum absolute atomic E-state index is 14.3. The number of aliphatic hydroxyl groups excluding tert-OH is 2. The number of carbonyl (C=O) groups is 5. The normalized spacial score (nSPS) is 40.0. The maximum atomic E-state index is 14.3. The van der Waals surface area contributed by atoms with Gasteiger partial charge in [0.25, 0.3) is 11.7 Å². The number of allylic oxidation sites excluding steroid dienone is 6. The van der Waals surface area contributed by atoms with E-state index < -0.39 is 71.7 Å². The van der Waals surface area contributed by atoms with E-state index in [1.165, 1.54) is 4.90 Å². The molecule has 12 heteroatoms. The number of piperidine rings is 1. The molecular formula is C51H79NO11. The van der Waals surface area contributed by atoms with Crippen molar-refractivity contribution in [3.8, 4) is 0 Å². The Kier molecular flexibility index (Phi) is 19.7. The minimum absolute atomic E-state index is 0.0599. The molecule has 3 fully saturated rings. The van der Waals surface area contributed by atoms with E-state index in [4.69, 9.17) is 14.2 Å². The van der Waals surface area contributed by atoms with Gasteiger partial charge >= 0.3 is 5.97 Å². The Hall–Kier alpha value is -3.29. The molecule has 0 spiro atoms. The molecule has 2 saturated heterocycles. The van der Waals surface area contributed by atoms with Crippen LogP contribution in [0.15, 0.2) is 47.6 Å². The van der Waals surface area contributed by atoms with Gasteiger partial charge in [0, 0.05) is 50.2 Å². The fourth-order valence-electron chi connectivity index (χ4n) is 10.2. The fourth-order valence-corrected chi connectivity index (χ4v) is 10.2. The number of rotatable bonds is 4. The van der Waals surface area contributed by atoms with Crippen molar-refractivity contribution in [2.45, 2.75) is 182 Å². The molecule has 3 heterocycles. The molecule has 63 heavy (non-hydrogen) atoms. The number of hydrogen-bond acceptors (Lipinski definition) is 11. The molecule has 3 aliphatic heterocycles. The van der Waals surface area contributed by atoms with Gasteiger partial charge in [-0.3, -0.25) is 19.2 Å². The second-order valence-electron chi connectivity index (χ2n) is 19.9. The minimum atomic E-state index is -2.41. The second kappa shape index (κ2) is 23.8. The van der Waals surface area contributed by atoms with Crippen molar-refractivity contribution in [1.29, 1.82) is 0 Å². The molecular weight excluding hydrogens is 803 g/mol. The molecule has 1 saturated carbocycles. The quantitative estimate of drug-likeness (QED) is 0.146. The molecule has 3 N–H and O–H groups in total. The van der Waals surface area contributed by atoms with Gasteiger partial charge in [-0.1, -0.05) is 84.9 Å². The summed E-state index contributed by atoms with van der Waals surface area (Å²) in [6.45, 7) is 16.8. The predicted octanol–water partition coefficient (Wildman–Crippen LogP) is 7.42. The number of esters is 1. The third kappa shape index (κ3) is 13.9. The number of carbonyl (C=O) groups excluding carboxylic acids is 5. The van der Waals surface area contributed by atoms with Crippen LogP contribution in [-0.4, -0.2) is 105 Å². The van der Waals surface area contributed by atoms with Crippen LogP contribution in [-0.2, 0) is 38.2 Å². The number of methoxy groups -OCH3 is 1. The molecule has 4 aliphatic rings. The summed E-state index contributed by atoms with van der Waals surface area (Å²) in [5, 5.41) is 33.7. The van der Waals surface area contributed by atoms with E-state index in [0.29, 0.717) is 56.9 Å². The van der Waals surface area contributed by atoms with Crippen LogP contribution < -0.4 is 0 Å². The number of fused-ring (bicyclic) bond motifs is 3. The zero-order chi connectivity index (χ0) is 46.8. The number of nitrogens with zero attached hydrogens (tertiary/aromatic N) is 1. The monoisotopic (exact) mass is 882 g/mol. The lowest BCUT2D eigenvalue weighted by Gasteiger charge is -2.42. The van der Waals surface area contributed by atoms with Crippen molar-refractivity contribution in [2.75, 3.05) is 13.7 Å². The molecule has 0 unspecified atom stereocenters. The van der Waals surface area contributed by atoms with Gasteiger partial charge in [-0.2, -0.15) is 0 Å². The van der Waals surface area contributed by atoms with Crippen molar-refractivity contribution in [2.24, 2.45) is 47.3 Å². The molecule has 354 valence electrons. The summed E-state index contributed by atoms with van der Waals surface area (Å²) in [7, 11) is 1.59. The van der Waals surface area contributed by atoms with Gasteiger partial charge in [-0.05, 0) is 113 Å². The summed E-state index contributed by atoms with van der Waals surface area (Å²) in [6, 6.07) is -1.10. The number of aliphatic hydroxyl groups is 3. The van der Waals surface area contributed by atoms with E-state index in [1.54, 1.807) is 40.9 Å². The third-order valence-corrected chi connectivity index (χ3v) is 14.6. The summed E-state index contributed by atoms with van der Waals surface area (Å²) in [5.41, 5.74) is 1.40. The Labute approximate surface area is 376 Å². The summed E-state index contributed by atoms with van der Waals surface area (Å²) < 4.78 is 18.3. The van der Waals surface area contributed by atoms with E-state index in [-0.39, 0.29) is 66.6 Å². The number of ketones is 3. The Morgan fingerprint density at radius 1 is 0.873 bits per heavy atom. The molecule has 15 atom stereocenters. The highest BCUT2D eigenvalue weighted by Gasteiger charge is 2.53. The molecule has 0 aromatic heterocycles. The van der Waals surface area contributed by atoms with E-state index in [9.17, 15) is 39.3 Å². The number of cyclic esters (lactones) is 1. The first-order chi connectivity index (χ1) is 29.7. The largest absolute Gasteiger partial charge is 0.460 e. The number of hydrogen-bond donors (Lipinski definition) is 3. The average molecular weight is 882 g/mol. The number of ether oxygens (including phenoxy) is 3. The summed E-state index contributed by atoms with van der Waals surface area (Å²) >= 11 is 0. The highest BCUT2D eigenvalue weighted by atomic mass is 16.6. The van der Waals surface area contributed by atoms with Crippen LogP contribution in [0.3, 0.4) is 0 Å². The lowest BCUT2D eigenvalue weighted by molar-refractivity contribution is -0.265. The van der Waals surface area contributed by atoms with Gasteiger partial charge in [-0.15, -0.1) is 0 Å².